The van der Waals surface area contributed by atoms with Crippen LogP contribution in [0.4, 0.5) is 0 Å². The molecular formula is C36H39NP2. The second-order valence-electron chi connectivity index (χ2n) is 11.4. The highest BCUT2D eigenvalue weighted by atomic mass is 31.1. The number of allylic oxidation sites excluding steroid dienone is 2. The number of hydrogen-bond acceptors (Lipinski definition) is 1. The third-order valence-corrected chi connectivity index (χ3v) is 12.3. The molecule has 5 rings (SSSR count). The lowest BCUT2D eigenvalue weighted by atomic mass is 9.95. The van der Waals surface area contributed by atoms with Crippen LogP contribution in [0.3, 0.4) is 0 Å². The lowest BCUT2D eigenvalue weighted by Crippen LogP contribution is -2.43. The van der Waals surface area contributed by atoms with Crippen molar-refractivity contribution in [2.24, 2.45) is 11.3 Å². The van der Waals surface area contributed by atoms with Crippen molar-refractivity contribution >= 4 is 37.2 Å². The molecule has 0 aliphatic heterocycles. The van der Waals surface area contributed by atoms with Crippen LogP contribution in [0.1, 0.15) is 27.7 Å². The third kappa shape index (κ3) is 6.67. The Bertz CT molecular complexity index is 1300. The Kier molecular flexibility index (Phi) is 8.94. The molecule has 0 bridgehead atoms. The SMILES string of the molecule is C[C@H](C1C=CC=C1P(c1ccccc1)c1ccccc1)N(CC(C)(C)C)P(c1ccccc1)c1ccccc1. The van der Waals surface area contributed by atoms with Crippen molar-refractivity contribution in [2.75, 3.05) is 6.54 Å². The highest BCUT2D eigenvalue weighted by Crippen LogP contribution is 2.53. The summed E-state index contributed by atoms with van der Waals surface area (Å²) in [5.41, 5.74) is 0.161. The largest absolute Gasteiger partial charge is 0.271 e. The van der Waals surface area contributed by atoms with Gasteiger partial charge in [-0.2, -0.15) is 0 Å². The molecule has 0 saturated heterocycles. The van der Waals surface area contributed by atoms with Gasteiger partial charge in [0.2, 0.25) is 0 Å². The first-order valence-corrected chi connectivity index (χ1v) is 16.5. The summed E-state index contributed by atoms with van der Waals surface area (Å²) in [6.07, 6.45) is 7.18. The van der Waals surface area contributed by atoms with Gasteiger partial charge in [-0.15, -0.1) is 0 Å². The first-order valence-electron chi connectivity index (χ1n) is 13.9. The summed E-state index contributed by atoms with van der Waals surface area (Å²) in [6, 6.07) is 44.9. The van der Waals surface area contributed by atoms with Crippen molar-refractivity contribution in [3.63, 3.8) is 0 Å². The van der Waals surface area contributed by atoms with Crippen LogP contribution in [0, 0.1) is 11.3 Å². The van der Waals surface area contributed by atoms with Crippen LogP contribution in [0.25, 0.3) is 0 Å². The lowest BCUT2D eigenvalue weighted by molar-refractivity contribution is 0.237. The Morgan fingerprint density at radius 2 is 1.05 bits per heavy atom. The number of rotatable bonds is 9. The second kappa shape index (κ2) is 12.6. The third-order valence-electron chi connectivity index (χ3n) is 7.10. The van der Waals surface area contributed by atoms with Gasteiger partial charge < -0.3 is 0 Å². The van der Waals surface area contributed by atoms with E-state index in [4.69, 9.17) is 0 Å². The van der Waals surface area contributed by atoms with E-state index in [2.05, 4.69) is 172 Å². The van der Waals surface area contributed by atoms with Crippen LogP contribution in [-0.2, 0) is 0 Å². The van der Waals surface area contributed by atoms with E-state index in [-0.39, 0.29) is 5.41 Å². The summed E-state index contributed by atoms with van der Waals surface area (Å²) in [5.74, 6) is 0.344. The minimum Gasteiger partial charge on any atom is -0.271 e. The van der Waals surface area contributed by atoms with Gasteiger partial charge in [0.1, 0.15) is 0 Å². The molecule has 0 fully saturated rings. The molecule has 2 atom stereocenters. The van der Waals surface area contributed by atoms with Gasteiger partial charge in [0, 0.05) is 26.6 Å². The van der Waals surface area contributed by atoms with Crippen LogP contribution in [0.2, 0.25) is 0 Å². The molecule has 0 aromatic heterocycles. The maximum Gasteiger partial charge on any atom is 0.0284 e. The van der Waals surface area contributed by atoms with Gasteiger partial charge in [0.15, 0.2) is 0 Å². The van der Waals surface area contributed by atoms with E-state index in [0.717, 1.165) is 6.54 Å². The predicted octanol–water partition coefficient (Wildman–Crippen LogP) is 7.97. The van der Waals surface area contributed by atoms with E-state index in [0.29, 0.717) is 12.0 Å². The van der Waals surface area contributed by atoms with Crippen molar-refractivity contribution in [1.82, 2.24) is 4.67 Å². The van der Waals surface area contributed by atoms with Gasteiger partial charge >= 0.3 is 0 Å². The second-order valence-corrected chi connectivity index (χ2v) is 15.8. The molecule has 0 N–H and O–H groups in total. The maximum atomic E-state index is 2.83. The van der Waals surface area contributed by atoms with Crippen LogP contribution in [0.15, 0.2) is 145 Å². The first-order chi connectivity index (χ1) is 18.9. The smallest absolute Gasteiger partial charge is 0.0284 e. The average molecular weight is 548 g/mol. The molecule has 1 nitrogen and oxygen atoms in total. The maximum absolute atomic E-state index is 2.83. The molecule has 1 unspecified atom stereocenters. The Balaban J connectivity index is 1.59. The highest BCUT2D eigenvalue weighted by molar-refractivity contribution is 7.76. The monoisotopic (exact) mass is 547 g/mol. The number of benzene rings is 4. The molecule has 0 heterocycles. The fourth-order valence-electron chi connectivity index (χ4n) is 5.37. The molecule has 39 heavy (non-hydrogen) atoms. The molecule has 0 radical (unpaired) electrons. The Morgan fingerprint density at radius 1 is 0.641 bits per heavy atom. The van der Waals surface area contributed by atoms with Crippen molar-refractivity contribution in [3.8, 4) is 0 Å². The van der Waals surface area contributed by atoms with Crippen molar-refractivity contribution < 1.29 is 0 Å². The fraction of sp³-hybridized carbons (Fsp3) is 0.222. The van der Waals surface area contributed by atoms with E-state index in [1.165, 1.54) is 21.2 Å². The van der Waals surface area contributed by atoms with E-state index < -0.39 is 16.0 Å². The van der Waals surface area contributed by atoms with Crippen molar-refractivity contribution in [1.29, 1.82) is 0 Å². The van der Waals surface area contributed by atoms with E-state index >= 15 is 0 Å². The molecule has 4 aromatic rings. The summed E-state index contributed by atoms with van der Waals surface area (Å²) in [6.45, 7) is 10.6. The molecule has 4 aromatic carbocycles. The van der Waals surface area contributed by atoms with E-state index in [1.807, 2.05) is 0 Å². The van der Waals surface area contributed by atoms with Crippen molar-refractivity contribution in [2.45, 2.75) is 33.7 Å². The summed E-state index contributed by atoms with van der Waals surface area (Å²) in [4.78, 5) is 0. The molecule has 0 saturated carbocycles. The molecular weight excluding hydrogens is 508 g/mol. The quantitative estimate of drug-likeness (QED) is 0.192. The fourth-order valence-corrected chi connectivity index (χ4v) is 10.9. The summed E-state index contributed by atoms with van der Waals surface area (Å²) < 4.78 is 2.83. The minimum absolute atomic E-state index is 0.161. The van der Waals surface area contributed by atoms with Gasteiger partial charge in [-0.1, -0.05) is 160 Å². The number of nitrogens with zero attached hydrogens (tertiary/aromatic N) is 1. The predicted molar refractivity (Wildman–Crippen MR) is 174 cm³/mol. The Labute approximate surface area is 237 Å². The summed E-state index contributed by atoms with van der Waals surface area (Å²) in [5, 5.41) is 7.21. The van der Waals surface area contributed by atoms with Gasteiger partial charge in [-0.05, 0) is 46.8 Å². The first kappa shape index (κ1) is 27.7. The Hall–Kier alpha value is -2.82. The lowest BCUT2D eigenvalue weighted by Gasteiger charge is -2.43. The molecule has 0 amide bonds. The molecule has 198 valence electrons. The summed E-state index contributed by atoms with van der Waals surface area (Å²) >= 11 is 0. The van der Waals surface area contributed by atoms with Gasteiger partial charge in [0.25, 0.3) is 0 Å². The zero-order valence-electron chi connectivity index (χ0n) is 23.5. The Morgan fingerprint density at radius 3 is 1.46 bits per heavy atom. The zero-order chi connectivity index (χ0) is 27.2. The topological polar surface area (TPSA) is 3.24 Å². The van der Waals surface area contributed by atoms with Crippen LogP contribution in [-0.4, -0.2) is 17.3 Å². The minimum atomic E-state index is -0.702. The van der Waals surface area contributed by atoms with Gasteiger partial charge in [-0.25, -0.2) is 0 Å². The van der Waals surface area contributed by atoms with Crippen molar-refractivity contribution in [3.05, 3.63) is 145 Å². The van der Waals surface area contributed by atoms with Crippen LogP contribution >= 0.6 is 16.0 Å². The molecule has 3 heteroatoms. The number of hydrogen-bond donors (Lipinski definition) is 0. The highest BCUT2D eigenvalue weighted by Gasteiger charge is 2.37. The van der Waals surface area contributed by atoms with Gasteiger partial charge in [-0.3, -0.25) is 4.67 Å². The van der Waals surface area contributed by atoms with Crippen LogP contribution in [0.5, 0.6) is 0 Å². The zero-order valence-corrected chi connectivity index (χ0v) is 25.3. The van der Waals surface area contributed by atoms with E-state index in [1.54, 1.807) is 5.31 Å². The average Bonchev–Trinajstić information content (AvgIpc) is 3.43. The standard InChI is InChI=1S/C36H39NP2/c1-29(34-26-17-27-35(34)38(30-18-9-5-10-19-30)31-20-11-6-12-21-31)37(28-36(2,3)4)39(32-22-13-7-14-23-32)33-24-15-8-16-25-33/h5-27,29,34H,28H2,1-4H3/t29-,34?/m1/s1. The van der Waals surface area contributed by atoms with Crippen LogP contribution < -0.4 is 21.2 Å². The molecule has 1 aliphatic rings. The summed E-state index contributed by atoms with van der Waals surface area (Å²) in [7, 11) is -1.33. The molecule has 1 aliphatic carbocycles. The normalized spacial score (nSPS) is 16.2. The van der Waals surface area contributed by atoms with Gasteiger partial charge in [0.05, 0.1) is 0 Å². The van der Waals surface area contributed by atoms with E-state index in [9.17, 15) is 0 Å². The molecule has 0 spiro atoms.